The van der Waals surface area contributed by atoms with Gasteiger partial charge in [0.25, 0.3) is 0 Å². The maximum Gasteiger partial charge on any atom is 0.229 e. The number of aromatic nitrogens is 2. The highest BCUT2D eigenvalue weighted by Gasteiger charge is 2.46. The van der Waals surface area contributed by atoms with E-state index in [9.17, 15) is 9.18 Å². The highest BCUT2D eigenvalue weighted by Crippen LogP contribution is 2.31. The second-order valence-corrected chi connectivity index (χ2v) is 8.01. The Morgan fingerprint density at radius 2 is 2.33 bits per heavy atom. The standard InChI is InChI=1S/C19H22FN3O3S/c1-12-22-15(11-27-12)10-26-17-9-23(16-3-2-6-25-19(16)17)18(24)7-14-5-4-13(20)8-21-14/h4-5,8,11,16-17,19H,2-3,6-7,9-10H2,1H3/t16-,17+,19+/m1/s1. The van der Waals surface area contributed by atoms with Crippen LogP contribution in [-0.2, 0) is 27.3 Å². The Hall–Kier alpha value is -1.90. The molecule has 2 aromatic rings. The van der Waals surface area contributed by atoms with Gasteiger partial charge in [-0.1, -0.05) is 0 Å². The van der Waals surface area contributed by atoms with E-state index in [0.717, 1.165) is 29.7 Å². The summed E-state index contributed by atoms with van der Waals surface area (Å²) in [4.78, 5) is 23.1. The summed E-state index contributed by atoms with van der Waals surface area (Å²) in [5, 5.41) is 3.00. The summed E-state index contributed by atoms with van der Waals surface area (Å²) >= 11 is 1.60. The molecule has 2 aliphatic heterocycles. The molecule has 0 aromatic carbocycles. The molecule has 0 unspecified atom stereocenters. The fourth-order valence-corrected chi connectivity index (χ4v) is 4.37. The van der Waals surface area contributed by atoms with Gasteiger partial charge in [0.05, 0.1) is 36.0 Å². The number of rotatable bonds is 5. The number of thiazole rings is 1. The topological polar surface area (TPSA) is 64.5 Å². The predicted molar refractivity (Wildman–Crippen MR) is 97.8 cm³/mol. The Kier molecular flexibility index (Phi) is 5.47. The molecule has 27 heavy (non-hydrogen) atoms. The van der Waals surface area contributed by atoms with Gasteiger partial charge in [-0.25, -0.2) is 9.37 Å². The van der Waals surface area contributed by atoms with Gasteiger partial charge in [0.1, 0.15) is 18.0 Å². The smallest absolute Gasteiger partial charge is 0.229 e. The molecule has 0 radical (unpaired) electrons. The van der Waals surface area contributed by atoms with Crippen LogP contribution in [0, 0.1) is 12.7 Å². The minimum Gasteiger partial charge on any atom is -0.373 e. The molecule has 2 fully saturated rings. The van der Waals surface area contributed by atoms with Crippen molar-refractivity contribution in [2.24, 2.45) is 0 Å². The lowest BCUT2D eigenvalue weighted by molar-refractivity contribution is -0.134. The van der Waals surface area contributed by atoms with Crippen molar-refractivity contribution < 1.29 is 18.7 Å². The molecular formula is C19H22FN3O3S. The summed E-state index contributed by atoms with van der Waals surface area (Å²) < 4.78 is 25.1. The van der Waals surface area contributed by atoms with Gasteiger partial charge in [-0.2, -0.15) is 0 Å². The number of aryl methyl sites for hydroxylation is 1. The van der Waals surface area contributed by atoms with Crippen molar-refractivity contribution in [3.05, 3.63) is 45.9 Å². The van der Waals surface area contributed by atoms with Crippen LogP contribution in [0.4, 0.5) is 4.39 Å². The molecule has 0 N–H and O–H groups in total. The van der Waals surface area contributed by atoms with Crippen LogP contribution in [0.1, 0.15) is 29.2 Å². The van der Waals surface area contributed by atoms with Crippen molar-refractivity contribution in [2.45, 2.75) is 51.0 Å². The number of fused-ring (bicyclic) bond motifs is 1. The molecule has 2 aromatic heterocycles. The minimum atomic E-state index is -0.404. The number of carbonyl (C=O) groups excluding carboxylic acids is 1. The SMILES string of the molecule is Cc1nc(CO[C@H]2CN(C(=O)Cc3ccc(F)cn3)[C@@H]3CCCO[C@H]23)cs1. The maximum absolute atomic E-state index is 13.0. The van der Waals surface area contributed by atoms with Crippen LogP contribution in [0.2, 0.25) is 0 Å². The molecule has 0 bridgehead atoms. The van der Waals surface area contributed by atoms with E-state index in [4.69, 9.17) is 9.47 Å². The summed E-state index contributed by atoms with van der Waals surface area (Å²) in [6.45, 7) is 3.58. The van der Waals surface area contributed by atoms with E-state index in [0.29, 0.717) is 25.5 Å². The third-order valence-electron chi connectivity index (χ3n) is 5.03. The first-order valence-electron chi connectivity index (χ1n) is 9.14. The fraction of sp³-hybridized carbons (Fsp3) is 0.526. The number of nitrogens with zero attached hydrogens (tertiary/aromatic N) is 3. The first-order chi connectivity index (χ1) is 13.1. The zero-order chi connectivity index (χ0) is 18.8. The molecule has 0 saturated carbocycles. The van der Waals surface area contributed by atoms with Crippen molar-refractivity contribution >= 4 is 17.2 Å². The third-order valence-corrected chi connectivity index (χ3v) is 5.85. The predicted octanol–water partition coefficient (Wildman–Crippen LogP) is 2.50. The van der Waals surface area contributed by atoms with Gasteiger partial charge in [-0.15, -0.1) is 11.3 Å². The highest BCUT2D eigenvalue weighted by molar-refractivity contribution is 7.09. The molecule has 1 amide bonds. The summed E-state index contributed by atoms with van der Waals surface area (Å²) in [6, 6.07) is 2.90. The van der Waals surface area contributed by atoms with Crippen molar-refractivity contribution in [3.8, 4) is 0 Å². The second-order valence-electron chi connectivity index (χ2n) is 6.94. The van der Waals surface area contributed by atoms with Gasteiger partial charge >= 0.3 is 0 Å². The molecule has 6 nitrogen and oxygen atoms in total. The minimum absolute atomic E-state index is 0.0221. The Morgan fingerprint density at radius 1 is 1.44 bits per heavy atom. The molecule has 4 rings (SSSR count). The molecule has 144 valence electrons. The van der Waals surface area contributed by atoms with Crippen LogP contribution >= 0.6 is 11.3 Å². The van der Waals surface area contributed by atoms with E-state index in [1.807, 2.05) is 17.2 Å². The van der Waals surface area contributed by atoms with Crippen molar-refractivity contribution in [1.29, 1.82) is 0 Å². The van der Waals surface area contributed by atoms with Gasteiger partial charge in [-0.05, 0) is 31.9 Å². The lowest BCUT2D eigenvalue weighted by Crippen LogP contribution is -2.44. The van der Waals surface area contributed by atoms with E-state index < -0.39 is 5.82 Å². The fourth-order valence-electron chi connectivity index (χ4n) is 3.78. The zero-order valence-electron chi connectivity index (χ0n) is 15.1. The second kappa shape index (κ2) is 8.00. The number of ether oxygens (including phenoxy) is 2. The Balaban J connectivity index is 1.42. The highest BCUT2D eigenvalue weighted by atomic mass is 32.1. The Labute approximate surface area is 161 Å². The van der Waals surface area contributed by atoms with E-state index in [1.165, 1.54) is 6.07 Å². The molecule has 4 heterocycles. The van der Waals surface area contributed by atoms with Crippen LogP contribution in [-0.4, -0.2) is 52.2 Å². The molecule has 0 spiro atoms. The average Bonchev–Trinajstić information content (AvgIpc) is 3.25. The third kappa shape index (κ3) is 4.17. The van der Waals surface area contributed by atoms with Crippen LogP contribution < -0.4 is 0 Å². The first-order valence-corrected chi connectivity index (χ1v) is 10.0. The Morgan fingerprint density at radius 3 is 3.07 bits per heavy atom. The number of halogens is 1. The van der Waals surface area contributed by atoms with Crippen LogP contribution in [0.5, 0.6) is 0 Å². The Bertz CT molecular complexity index is 798. The molecule has 0 aliphatic carbocycles. The average molecular weight is 391 g/mol. The number of hydrogen-bond acceptors (Lipinski definition) is 6. The largest absolute Gasteiger partial charge is 0.373 e. The molecule has 2 saturated heterocycles. The van der Waals surface area contributed by atoms with Gasteiger partial charge in [0.2, 0.25) is 5.91 Å². The van der Waals surface area contributed by atoms with E-state index in [-0.39, 0.29) is 30.6 Å². The molecular weight excluding hydrogens is 369 g/mol. The molecule has 2 aliphatic rings. The quantitative estimate of drug-likeness (QED) is 0.784. The van der Waals surface area contributed by atoms with Gasteiger partial charge in [0.15, 0.2) is 0 Å². The van der Waals surface area contributed by atoms with Crippen LogP contribution in [0.3, 0.4) is 0 Å². The summed E-state index contributed by atoms with van der Waals surface area (Å²) in [6.07, 6.45) is 2.86. The molecule has 8 heteroatoms. The number of likely N-dealkylation sites (tertiary alicyclic amines) is 1. The van der Waals surface area contributed by atoms with E-state index in [1.54, 1.807) is 17.4 Å². The number of amides is 1. The monoisotopic (exact) mass is 391 g/mol. The van der Waals surface area contributed by atoms with E-state index in [2.05, 4.69) is 9.97 Å². The van der Waals surface area contributed by atoms with E-state index >= 15 is 0 Å². The van der Waals surface area contributed by atoms with Crippen molar-refractivity contribution in [1.82, 2.24) is 14.9 Å². The van der Waals surface area contributed by atoms with Crippen LogP contribution in [0.25, 0.3) is 0 Å². The lowest BCUT2D eigenvalue weighted by Gasteiger charge is -2.32. The molecule has 3 atom stereocenters. The summed E-state index contributed by atoms with van der Waals surface area (Å²) in [5.41, 5.74) is 1.47. The lowest BCUT2D eigenvalue weighted by atomic mass is 10.0. The zero-order valence-corrected chi connectivity index (χ0v) is 16.0. The van der Waals surface area contributed by atoms with Gasteiger partial charge < -0.3 is 14.4 Å². The van der Waals surface area contributed by atoms with Gasteiger partial charge in [-0.3, -0.25) is 9.78 Å². The number of pyridine rings is 1. The normalized spacial score (nSPS) is 24.8. The van der Waals surface area contributed by atoms with Crippen LogP contribution in [0.15, 0.2) is 23.7 Å². The maximum atomic E-state index is 13.0. The summed E-state index contributed by atoms with van der Waals surface area (Å²) in [7, 11) is 0. The number of carbonyl (C=O) groups is 1. The van der Waals surface area contributed by atoms with Crippen molar-refractivity contribution in [3.63, 3.8) is 0 Å². The van der Waals surface area contributed by atoms with Gasteiger partial charge in [0, 0.05) is 24.2 Å². The van der Waals surface area contributed by atoms with Crippen molar-refractivity contribution in [2.75, 3.05) is 13.2 Å². The summed E-state index contributed by atoms with van der Waals surface area (Å²) in [5.74, 6) is -0.427. The number of hydrogen-bond donors (Lipinski definition) is 0. The first kappa shape index (κ1) is 18.5.